The molecule has 0 bridgehead atoms. The summed E-state index contributed by atoms with van der Waals surface area (Å²) >= 11 is 0. The zero-order valence-electron chi connectivity index (χ0n) is 21.9. The molecule has 2 aliphatic heterocycles. The van der Waals surface area contributed by atoms with Gasteiger partial charge in [0.1, 0.15) is 70.9 Å². The van der Waals surface area contributed by atoms with E-state index in [0.717, 1.165) is 12.1 Å². The van der Waals surface area contributed by atoms with Crippen LogP contribution in [-0.2, 0) is 14.2 Å². The van der Waals surface area contributed by atoms with E-state index in [1.54, 1.807) is 0 Å². The summed E-state index contributed by atoms with van der Waals surface area (Å²) in [7, 11) is 0. The van der Waals surface area contributed by atoms with Gasteiger partial charge in [-0.2, -0.15) is 0 Å². The van der Waals surface area contributed by atoms with Crippen molar-refractivity contribution in [1.82, 2.24) is 0 Å². The van der Waals surface area contributed by atoms with Crippen molar-refractivity contribution in [2.45, 2.75) is 68.3 Å². The first kappa shape index (κ1) is 30.0. The van der Waals surface area contributed by atoms with Gasteiger partial charge in [0.25, 0.3) is 0 Å². The average molecular weight is 595 g/mol. The van der Waals surface area contributed by atoms with Gasteiger partial charge in [0.05, 0.1) is 12.7 Å². The molecule has 0 aliphatic carbocycles. The molecule has 228 valence electrons. The van der Waals surface area contributed by atoms with Crippen molar-refractivity contribution in [3.8, 4) is 34.3 Å². The molecule has 1 unspecified atom stereocenters. The quantitative estimate of drug-likeness (QED) is 0.159. The fourth-order valence-corrected chi connectivity index (χ4v) is 4.79. The summed E-state index contributed by atoms with van der Waals surface area (Å²) in [4.78, 5) is 13.5. The van der Waals surface area contributed by atoms with Crippen molar-refractivity contribution >= 4 is 11.0 Å². The Bertz CT molecular complexity index is 1470. The highest BCUT2D eigenvalue weighted by atomic mass is 16.7. The molecule has 2 aromatic carbocycles. The molecular formula is C27H30O15. The minimum absolute atomic E-state index is 0.103. The molecule has 3 aromatic rings. The lowest BCUT2D eigenvalue weighted by Crippen LogP contribution is -2.61. The number of phenolic OH excluding ortho intramolecular Hbond substituents is 3. The Morgan fingerprint density at radius 2 is 1.40 bits per heavy atom. The van der Waals surface area contributed by atoms with Crippen LogP contribution < -0.4 is 10.2 Å². The number of aliphatic hydroxyl groups is 6. The summed E-state index contributed by atoms with van der Waals surface area (Å²) in [5, 5.41) is 91.4. The van der Waals surface area contributed by atoms with Crippen LogP contribution in [0.5, 0.6) is 23.0 Å². The molecule has 1 aromatic heterocycles. The van der Waals surface area contributed by atoms with E-state index in [2.05, 4.69) is 0 Å². The van der Waals surface area contributed by atoms with E-state index in [-0.39, 0.29) is 28.0 Å². The molecule has 0 spiro atoms. The highest BCUT2D eigenvalue weighted by Gasteiger charge is 2.47. The first-order valence-corrected chi connectivity index (χ1v) is 12.9. The van der Waals surface area contributed by atoms with Crippen molar-refractivity contribution in [2.75, 3.05) is 6.61 Å². The minimum Gasteiger partial charge on any atom is -0.508 e. The first-order valence-electron chi connectivity index (χ1n) is 12.9. The smallest absolute Gasteiger partial charge is 0.239 e. The molecule has 2 saturated heterocycles. The van der Waals surface area contributed by atoms with Crippen molar-refractivity contribution < 1.29 is 69.3 Å². The molecule has 0 amide bonds. The van der Waals surface area contributed by atoms with Crippen molar-refractivity contribution in [1.29, 1.82) is 0 Å². The van der Waals surface area contributed by atoms with Crippen LogP contribution in [0.15, 0.2) is 45.6 Å². The van der Waals surface area contributed by atoms with Gasteiger partial charge in [0.15, 0.2) is 12.1 Å². The van der Waals surface area contributed by atoms with E-state index in [1.807, 2.05) is 0 Å². The fraction of sp³-hybridized carbons (Fsp3) is 0.444. The zero-order chi connectivity index (χ0) is 30.5. The minimum atomic E-state index is -1.92. The molecule has 2 fully saturated rings. The van der Waals surface area contributed by atoms with E-state index >= 15 is 0 Å². The maximum Gasteiger partial charge on any atom is 0.239 e. The molecule has 0 radical (unpaired) electrons. The third kappa shape index (κ3) is 5.49. The lowest BCUT2D eigenvalue weighted by atomic mass is 9.98. The monoisotopic (exact) mass is 594 g/mol. The fourth-order valence-electron chi connectivity index (χ4n) is 4.79. The zero-order valence-corrected chi connectivity index (χ0v) is 21.9. The van der Waals surface area contributed by atoms with Gasteiger partial charge in [0, 0.05) is 17.7 Å². The Morgan fingerprint density at radius 3 is 2.10 bits per heavy atom. The third-order valence-corrected chi connectivity index (χ3v) is 7.18. The summed E-state index contributed by atoms with van der Waals surface area (Å²) in [6, 6.07) is 7.33. The summed E-state index contributed by atoms with van der Waals surface area (Å²) in [6.45, 7) is 0.866. The van der Waals surface area contributed by atoms with E-state index in [4.69, 9.17) is 23.4 Å². The number of ether oxygens (including phenoxy) is 4. The van der Waals surface area contributed by atoms with E-state index in [0.29, 0.717) is 0 Å². The largest absolute Gasteiger partial charge is 0.508 e. The third-order valence-electron chi connectivity index (χ3n) is 7.18. The Balaban J connectivity index is 1.46. The van der Waals surface area contributed by atoms with Crippen LogP contribution >= 0.6 is 0 Å². The molecule has 15 nitrogen and oxygen atoms in total. The normalized spacial score (nSPS) is 33.5. The number of hydrogen-bond donors (Lipinski definition) is 9. The number of hydrogen-bond acceptors (Lipinski definition) is 15. The maximum atomic E-state index is 13.5. The van der Waals surface area contributed by atoms with E-state index in [9.17, 15) is 50.8 Å². The standard InChI is InChI=1S/C27H30O15/c1-9-17(31)20(34)22(36)26(39-9)38-8-15-18(32)21(35)23(37)27(41-15)42-25-19(33)16-13(30)6-12(29)7-14(16)40-24(25)10-2-4-11(28)5-3-10/h2-7,9,15,17-18,20-23,26-32,34-37H,8H2,1H3/t9-,15+,17-,18-,20+,21?,22+,23+,26+,27+/m0/s1. The van der Waals surface area contributed by atoms with E-state index < -0.39 is 90.7 Å². The number of fused-ring (bicyclic) bond motifs is 1. The highest BCUT2D eigenvalue weighted by molar-refractivity contribution is 5.88. The second-order valence-corrected chi connectivity index (χ2v) is 10.1. The SMILES string of the molecule is C[C@@H]1O[C@@H](OC[C@H]2O[C@H](Oc3c(-c4ccc(O)cc4)oc4cc(O)cc(O)c4c3=O)[C@H](O)C(O)[C@H]2O)[C@H](O)[C@H](O)[C@H]1O. The molecule has 3 heterocycles. The Morgan fingerprint density at radius 1 is 0.762 bits per heavy atom. The Kier molecular flexibility index (Phi) is 8.30. The summed E-state index contributed by atoms with van der Waals surface area (Å²) in [6.07, 6.45) is -15.8. The molecule has 5 rings (SSSR count). The van der Waals surface area contributed by atoms with Crippen LogP contribution in [0.3, 0.4) is 0 Å². The molecule has 15 heteroatoms. The van der Waals surface area contributed by atoms with Crippen molar-refractivity contribution in [3.05, 3.63) is 46.6 Å². The lowest BCUT2D eigenvalue weighted by Gasteiger charge is -2.42. The topological polar surface area (TPSA) is 249 Å². The number of aliphatic hydroxyl groups excluding tert-OH is 6. The van der Waals surface area contributed by atoms with Crippen LogP contribution in [-0.4, -0.2) is 114 Å². The number of aromatic hydroxyl groups is 3. The van der Waals surface area contributed by atoms with Gasteiger partial charge < -0.3 is 69.3 Å². The Hall–Kier alpha value is -3.51. The van der Waals surface area contributed by atoms with Crippen molar-refractivity contribution in [2.24, 2.45) is 0 Å². The van der Waals surface area contributed by atoms with Crippen LogP contribution in [0.25, 0.3) is 22.3 Å². The van der Waals surface area contributed by atoms with Gasteiger partial charge >= 0.3 is 0 Å². The Labute approximate surface area is 236 Å². The average Bonchev–Trinajstić information content (AvgIpc) is 2.95. The van der Waals surface area contributed by atoms with Gasteiger partial charge in [-0.25, -0.2) is 0 Å². The second kappa shape index (κ2) is 11.6. The number of benzene rings is 2. The van der Waals surface area contributed by atoms with E-state index in [1.165, 1.54) is 31.2 Å². The first-order chi connectivity index (χ1) is 19.9. The molecule has 0 saturated carbocycles. The molecule has 9 N–H and O–H groups in total. The molecule has 10 atom stereocenters. The van der Waals surface area contributed by atoms with Gasteiger partial charge in [0.2, 0.25) is 17.5 Å². The summed E-state index contributed by atoms with van der Waals surface area (Å²) in [5.74, 6) is -1.97. The van der Waals surface area contributed by atoms with Crippen molar-refractivity contribution in [3.63, 3.8) is 0 Å². The van der Waals surface area contributed by atoms with Crippen LogP contribution in [0.1, 0.15) is 6.92 Å². The van der Waals surface area contributed by atoms with Gasteiger partial charge in [-0.15, -0.1) is 0 Å². The van der Waals surface area contributed by atoms with Crippen LogP contribution in [0.2, 0.25) is 0 Å². The van der Waals surface area contributed by atoms with Gasteiger partial charge in [-0.3, -0.25) is 4.79 Å². The summed E-state index contributed by atoms with van der Waals surface area (Å²) in [5.41, 5.74) is -0.956. The summed E-state index contributed by atoms with van der Waals surface area (Å²) < 4.78 is 28.0. The second-order valence-electron chi connectivity index (χ2n) is 10.1. The lowest BCUT2D eigenvalue weighted by molar-refractivity contribution is -0.318. The maximum absolute atomic E-state index is 13.5. The van der Waals surface area contributed by atoms with Crippen LogP contribution in [0, 0.1) is 0 Å². The van der Waals surface area contributed by atoms with Gasteiger partial charge in [-0.1, -0.05) is 0 Å². The molecule has 42 heavy (non-hydrogen) atoms. The highest BCUT2D eigenvalue weighted by Crippen LogP contribution is 2.37. The molecular weight excluding hydrogens is 564 g/mol. The predicted molar refractivity (Wildman–Crippen MR) is 139 cm³/mol. The molecule has 2 aliphatic rings. The van der Waals surface area contributed by atoms with Crippen LogP contribution in [0.4, 0.5) is 0 Å². The number of rotatable bonds is 6. The predicted octanol–water partition coefficient (Wildman–Crippen LogP) is -1.39. The number of phenols is 3. The van der Waals surface area contributed by atoms with Gasteiger partial charge in [-0.05, 0) is 31.2 Å².